The molecule has 0 aliphatic carbocycles. The molecule has 2 aliphatic rings. The second-order valence-corrected chi connectivity index (χ2v) is 4.49. The van der Waals surface area contributed by atoms with Crippen LogP contribution in [0.3, 0.4) is 0 Å². The van der Waals surface area contributed by atoms with Crippen molar-refractivity contribution in [3.05, 3.63) is 10.6 Å². The smallest absolute Gasteiger partial charge is 0.696 e. The minimum atomic E-state index is 0. The summed E-state index contributed by atoms with van der Waals surface area (Å²) in [5.41, 5.74) is 0. The van der Waals surface area contributed by atoms with Gasteiger partial charge in [0.1, 0.15) is 0 Å². The van der Waals surface area contributed by atoms with Crippen LogP contribution in [0.2, 0.25) is 0 Å². The molecule has 2 saturated heterocycles. The van der Waals surface area contributed by atoms with Gasteiger partial charge in [0.25, 0.3) is 0 Å². The Hall–Kier alpha value is -0.0366. The number of nitriles is 2. The van der Waals surface area contributed by atoms with Gasteiger partial charge in [-0.05, 0) is 0 Å². The van der Waals surface area contributed by atoms with E-state index in [0.717, 1.165) is 13.1 Å². The molecule has 0 spiro atoms. The van der Waals surface area contributed by atoms with Crippen molar-refractivity contribution in [3.63, 3.8) is 0 Å². The van der Waals surface area contributed by atoms with Gasteiger partial charge in [-0.3, -0.25) is 0 Å². The molecule has 0 bridgehead atoms. The van der Waals surface area contributed by atoms with Gasteiger partial charge in [0.05, 0.1) is 0 Å². The van der Waals surface area contributed by atoms with E-state index in [-0.39, 0.29) is 19.5 Å². The standard InChI is InChI=1S/C10H18N2.2CHNS.Ru/c1-3-7-11-9(5-1)10-6-2-4-8-12-10;2*2-1-3;/h9-10H,1-8H2;2*3H;/q-2;;;+4/p-2. The van der Waals surface area contributed by atoms with E-state index in [0.29, 0.717) is 12.1 Å². The van der Waals surface area contributed by atoms with Crippen molar-refractivity contribution in [1.29, 1.82) is 10.5 Å². The van der Waals surface area contributed by atoms with Crippen LogP contribution in [0.5, 0.6) is 0 Å². The summed E-state index contributed by atoms with van der Waals surface area (Å²) in [6.45, 7) is 2.19. The van der Waals surface area contributed by atoms with Crippen LogP contribution in [0.4, 0.5) is 0 Å². The molecule has 2 atom stereocenters. The molecular formula is C12H18N4RuS2. The molecule has 2 heterocycles. The average Bonchev–Trinajstić information content (AvgIpc) is 2.43. The van der Waals surface area contributed by atoms with Gasteiger partial charge in [-0.2, -0.15) is 12.1 Å². The maximum atomic E-state index is 7.13. The molecule has 0 saturated carbocycles. The van der Waals surface area contributed by atoms with E-state index in [1.807, 2.05) is 0 Å². The molecule has 0 radical (unpaired) electrons. The number of thiocyanates is 2. The quantitative estimate of drug-likeness (QED) is 0.396. The Kier molecular flexibility index (Phi) is 17.9. The molecule has 0 N–H and O–H groups in total. The van der Waals surface area contributed by atoms with E-state index in [4.69, 9.17) is 10.5 Å². The predicted molar refractivity (Wildman–Crippen MR) is 77.7 cm³/mol. The fraction of sp³-hybridized carbons (Fsp3) is 0.833. The van der Waals surface area contributed by atoms with Crippen LogP contribution in [0.1, 0.15) is 38.5 Å². The molecule has 2 rings (SSSR count). The first kappa shape index (κ1) is 21.3. The number of hydrogen-bond acceptors (Lipinski definition) is 4. The van der Waals surface area contributed by atoms with Crippen LogP contribution in [0.25, 0.3) is 10.6 Å². The van der Waals surface area contributed by atoms with Crippen molar-refractivity contribution in [2.24, 2.45) is 0 Å². The fourth-order valence-electron chi connectivity index (χ4n) is 2.26. The Morgan fingerprint density at radius 1 is 0.789 bits per heavy atom. The van der Waals surface area contributed by atoms with Gasteiger partial charge >= 0.3 is 19.5 Å². The van der Waals surface area contributed by atoms with Crippen LogP contribution in [0, 0.1) is 21.3 Å². The first-order chi connectivity index (χ1) is 8.79. The molecule has 2 unspecified atom stereocenters. The number of rotatable bonds is 1. The maximum absolute atomic E-state index is 7.13. The fourth-order valence-corrected chi connectivity index (χ4v) is 2.26. The van der Waals surface area contributed by atoms with E-state index in [9.17, 15) is 0 Å². The molecule has 7 heteroatoms. The average molecular weight is 384 g/mol. The van der Waals surface area contributed by atoms with Crippen LogP contribution in [-0.4, -0.2) is 25.2 Å². The van der Waals surface area contributed by atoms with E-state index < -0.39 is 0 Å². The number of nitrogens with zero attached hydrogens (tertiary/aromatic N) is 4. The molecule has 2 aliphatic heterocycles. The second kappa shape index (κ2) is 16.0. The Morgan fingerprint density at radius 2 is 1.11 bits per heavy atom. The van der Waals surface area contributed by atoms with Crippen molar-refractivity contribution in [3.8, 4) is 10.8 Å². The molecule has 0 aromatic carbocycles. The van der Waals surface area contributed by atoms with E-state index in [1.54, 1.807) is 0 Å². The molecule has 19 heavy (non-hydrogen) atoms. The van der Waals surface area contributed by atoms with Crippen LogP contribution in [0.15, 0.2) is 0 Å². The summed E-state index contributed by atoms with van der Waals surface area (Å²) in [6, 6.07) is 1.19. The summed E-state index contributed by atoms with van der Waals surface area (Å²) in [7, 11) is 0. The largest absolute Gasteiger partial charge is 4.00 e. The van der Waals surface area contributed by atoms with Gasteiger partial charge < -0.3 is 35.9 Å². The van der Waals surface area contributed by atoms with Gasteiger partial charge in [0, 0.05) is 0 Å². The molecule has 4 nitrogen and oxygen atoms in total. The van der Waals surface area contributed by atoms with Crippen molar-refractivity contribution in [2.75, 3.05) is 13.1 Å². The van der Waals surface area contributed by atoms with E-state index in [1.165, 1.54) is 49.3 Å². The molecule has 106 valence electrons. The molecular weight excluding hydrogens is 365 g/mol. The number of piperidine rings is 2. The Morgan fingerprint density at radius 3 is 1.32 bits per heavy atom. The number of hydrogen-bond donors (Lipinski definition) is 0. The van der Waals surface area contributed by atoms with Gasteiger partial charge in [-0.15, -0.1) is 13.1 Å². The van der Waals surface area contributed by atoms with E-state index >= 15 is 0 Å². The zero-order valence-corrected chi connectivity index (χ0v) is 14.1. The van der Waals surface area contributed by atoms with Gasteiger partial charge in [-0.25, -0.2) is 10.5 Å². The third kappa shape index (κ3) is 11.5. The minimum Gasteiger partial charge on any atom is -0.696 e. The Labute approximate surface area is 140 Å². The minimum absolute atomic E-state index is 0. The summed E-state index contributed by atoms with van der Waals surface area (Å²) in [4.78, 5) is 0. The molecule has 0 amide bonds. The monoisotopic (exact) mass is 384 g/mol. The normalized spacial score (nSPS) is 24.7. The van der Waals surface area contributed by atoms with Crippen molar-refractivity contribution < 1.29 is 19.5 Å². The first-order valence-corrected chi connectivity index (χ1v) is 6.97. The van der Waals surface area contributed by atoms with Gasteiger partial charge in [-0.1, -0.05) is 49.3 Å². The van der Waals surface area contributed by atoms with Crippen LogP contribution < -0.4 is 0 Å². The third-order valence-electron chi connectivity index (χ3n) is 2.99. The zero-order valence-electron chi connectivity index (χ0n) is 10.8. The maximum Gasteiger partial charge on any atom is 4.00 e. The predicted octanol–water partition coefficient (Wildman–Crippen LogP) is 2.87. The van der Waals surface area contributed by atoms with Gasteiger partial charge in [0.2, 0.25) is 0 Å². The summed E-state index contributed by atoms with van der Waals surface area (Å²) in [6.07, 6.45) is 7.97. The van der Waals surface area contributed by atoms with Crippen molar-refractivity contribution in [2.45, 2.75) is 50.6 Å². The molecule has 2 fully saturated rings. The first-order valence-electron chi connectivity index (χ1n) is 6.15. The summed E-state index contributed by atoms with van der Waals surface area (Å²) >= 11 is 7.40. The zero-order chi connectivity index (χ0) is 13.6. The second-order valence-electron chi connectivity index (χ2n) is 4.12. The van der Waals surface area contributed by atoms with Crippen molar-refractivity contribution >= 4 is 25.3 Å². The van der Waals surface area contributed by atoms with Crippen LogP contribution in [-0.2, 0) is 44.7 Å². The topological polar surface area (TPSA) is 75.8 Å². The summed E-state index contributed by atoms with van der Waals surface area (Å²) < 4.78 is 0. The molecule has 0 aromatic heterocycles. The van der Waals surface area contributed by atoms with Gasteiger partial charge in [0.15, 0.2) is 0 Å². The molecule has 0 aromatic rings. The SMILES string of the molecule is C1CCC(C2CCCC[N-]2)[N-]C1.N#C[S-].N#C[S-].[Ru+4]. The summed E-state index contributed by atoms with van der Waals surface area (Å²) in [5, 5.41) is 26.3. The Balaban J connectivity index is 0. The Bertz CT molecular complexity index is 238. The van der Waals surface area contributed by atoms with Crippen molar-refractivity contribution in [1.82, 2.24) is 0 Å². The van der Waals surface area contributed by atoms with Crippen LogP contribution >= 0.6 is 0 Å². The summed E-state index contributed by atoms with van der Waals surface area (Å²) in [5.74, 6) is 0. The third-order valence-corrected chi connectivity index (χ3v) is 2.99. The van der Waals surface area contributed by atoms with E-state index in [2.05, 4.69) is 35.9 Å².